The standard InChI is InChI=1S/C21H23N3O6/c1-13(25)22-14-6-8-15(9-7-14)23-18(26)12-30-19(27)10-11-24-20(28)16-4-2-3-5-17(16)21(24)29/h2-3,6-9,16-17H,4-5,10-12H2,1H3,(H,22,25)(H,23,26)/t16-,17+. The monoisotopic (exact) mass is 413 g/mol. The number of likely N-dealkylation sites (tertiary alicyclic amines) is 1. The molecule has 0 spiro atoms. The zero-order valence-electron chi connectivity index (χ0n) is 16.6. The molecule has 4 amide bonds. The molecule has 0 unspecified atom stereocenters. The van der Waals surface area contributed by atoms with E-state index >= 15 is 0 Å². The first kappa shape index (κ1) is 21.2. The smallest absolute Gasteiger partial charge is 0.308 e. The Hall–Kier alpha value is -3.49. The van der Waals surface area contributed by atoms with E-state index in [0.717, 1.165) is 4.90 Å². The molecule has 0 radical (unpaired) electrons. The summed E-state index contributed by atoms with van der Waals surface area (Å²) in [6.45, 7) is 0.864. The van der Waals surface area contributed by atoms with Crippen molar-refractivity contribution in [2.75, 3.05) is 23.8 Å². The number of nitrogens with zero attached hydrogens (tertiary/aromatic N) is 1. The highest BCUT2D eigenvalue weighted by Crippen LogP contribution is 2.35. The molecule has 158 valence electrons. The average Bonchev–Trinajstić information content (AvgIpc) is 2.96. The molecule has 1 fully saturated rings. The number of imide groups is 1. The first-order chi connectivity index (χ1) is 14.3. The van der Waals surface area contributed by atoms with Gasteiger partial charge in [-0.25, -0.2) is 0 Å². The Labute approximate surface area is 173 Å². The number of allylic oxidation sites excluding steroid dienone is 2. The number of amides is 4. The fourth-order valence-electron chi connectivity index (χ4n) is 3.55. The lowest BCUT2D eigenvalue weighted by Gasteiger charge is -2.14. The van der Waals surface area contributed by atoms with E-state index in [1.54, 1.807) is 24.3 Å². The van der Waals surface area contributed by atoms with Gasteiger partial charge in [-0.1, -0.05) is 12.2 Å². The normalized spacial score (nSPS) is 20.0. The molecular formula is C21H23N3O6. The highest BCUT2D eigenvalue weighted by atomic mass is 16.5. The van der Waals surface area contributed by atoms with Crippen LogP contribution < -0.4 is 10.6 Å². The second-order valence-corrected chi connectivity index (χ2v) is 7.20. The largest absolute Gasteiger partial charge is 0.456 e. The number of nitrogens with one attached hydrogen (secondary N) is 2. The molecule has 2 N–H and O–H groups in total. The SMILES string of the molecule is CC(=O)Nc1ccc(NC(=O)COC(=O)CCN2C(=O)[C@H]3CC=CC[C@H]3C2=O)cc1. The molecule has 2 atom stereocenters. The van der Waals surface area contributed by atoms with Crippen LogP contribution in [0, 0.1) is 11.8 Å². The Morgan fingerprint density at radius 1 is 0.967 bits per heavy atom. The molecule has 9 heteroatoms. The molecule has 0 bridgehead atoms. The van der Waals surface area contributed by atoms with Crippen LogP contribution in [0.5, 0.6) is 0 Å². The number of esters is 1. The summed E-state index contributed by atoms with van der Waals surface area (Å²) in [7, 11) is 0. The van der Waals surface area contributed by atoms with Crippen molar-refractivity contribution in [2.45, 2.75) is 26.2 Å². The maximum atomic E-state index is 12.3. The van der Waals surface area contributed by atoms with Gasteiger partial charge in [0.1, 0.15) is 0 Å². The van der Waals surface area contributed by atoms with Crippen molar-refractivity contribution < 1.29 is 28.7 Å². The van der Waals surface area contributed by atoms with Gasteiger partial charge in [-0.2, -0.15) is 0 Å². The fourth-order valence-corrected chi connectivity index (χ4v) is 3.55. The predicted molar refractivity (Wildman–Crippen MR) is 107 cm³/mol. The lowest BCUT2D eigenvalue weighted by atomic mass is 9.85. The van der Waals surface area contributed by atoms with Crippen LogP contribution in [0.15, 0.2) is 36.4 Å². The zero-order chi connectivity index (χ0) is 21.7. The summed E-state index contributed by atoms with van der Waals surface area (Å²) in [5, 5.41) is 5.18. The van der Waals surface area contributed by atoms with E-state index in [1.165, 1.54) is 6.92 Å². The Morgan fingerprint density at radius 2 is 1.50 bits per heavy atom. The van der Waals surface area contributed by atoms with E-state index < -0.39 is 18.5 Å². The van der Waals surface area contributed by atoms with E-state index in [1.807, 2.05) is 12.2 Å². The number of carbonyl (C=O) groups excluding carboxylic acids is 5. The molecular weight excluding hydrogens is 390 g/mol. The van der Waals surface area contributed by atoms with Crippen molar-refractivity contribution in [1.82, 2.24) is 4.90 Å². The van der Waals surface area contributed by atoms with Crippen LogP contribution in [0.1, 0.15) is 26.2 Å². The molecule has 1 aromatic carbocycles. The minimum absolute atomic E-state index is 0.0459. The van der Waals surface area contributed by atoms with Crippen molar-refractivity contribution in [3.05, 3.63) is 36.4 Å². The summed E-state index contributed by atoms with van der Waals surface area (Å²) in [4.78, 5) is 60.7. The van der Waals surface area contributed by atoms with Gasteiger partial charge in [0.15, 0.2) is 6.61 Å². The summed E-state index contributed by atoms with van der Waals surface area (Å²) >= 11 is 0. The van der Waals surface area contributed by atoms with Crippen molar-refractivity contribution in [3.8, 4) is 0 Å². The number of anilines is 2. The van der Waals surface area contributed by atoms with Gasteiger partial charge in [-0.15, -0.1) is 0 Å². The highest BCUT2D eigenvalue weighted by Gasteiger charge is 2.46. The molecule has 1 aliphatic heterocycles. The number of carbonyl (C=O) groups is 5. The van der Waals surface area contributed by atoms with Crippen molar-refractivity contribution in [3.63, 3.8) is 0 Å². The first-order valence-electron chi connectivity index (χ1n) is 9.68. The molecule has 0 aromatic heterocycles. The number of benzene rings is 1. The topological polar surface area (TPSA) is 122 Å². The van der Waals surface area contributed by atoms with Crippen LogP contribution in [0.3, 0.4) is 0 Å². The lowest BCUT2D eigenvalue weighted by molar-refractivity contribution is -0.148. The fraction of sp³-hybridized carbons (Fsp3) is 0.381. The molecule has 3 rings (SSSR count). The first-order valence-corrected chi connectivity index (χ1v) is 9.68. The van der Waals surface area contributed by atoms with Gasteiger partial charge in [0.25, 0.3) is 5.91 Å². The second-order valence-electron chi connectivity index (χ2n) is 7.20. The van der Waals surface area contributed by atoms with Gasteiger partial charge in [0, 0.05) is 24.8 Å². The molecule has 1 saturated heterocycles. The minimum atomic E-state index is -0.667. The van der Waals surface area contributed by atoms with Gasteiger partial charge >= 0.3 is 5.97 Å². The third-order valence-electron chi connectivity index (χ3n) is 4.99. The Morgan fingerprint density at radius 3 is 2.03 bits per heavy atom. The van der Waals surface area contributed by atoms with Crippen molar-refractivity contribution in [2.24, 2.45) is 11.8 Å². The van der Waals surface area contributed by atoms with Gasteiger partial charge in [0.2, 0.25) is 17.7 Å². The molecule has 9 nitrogen and oxygen atoms in total. The van der Waals surface area contributed by atoms with E-state index in [-0.39, 0.29) is 42.5 Å². The lowest BCUT2D eigenvalue weighted by Crippen LogP contribution is -2.33. The third-order valence-corrected chi connectivity index (χ3v) is 4.99. The molecule has 30 heavy (non-hydrogen) atoms. The third kappa shape index (κ3) is 5.11. The summed E-state index contributed by atoms with van der Waals surface area (Å²) in [5.41, 5.74) is 1.07. The number of rotatable bonds is 7. The highest BCUT2D eigenvalue weighted by molar-refractivity contribution is 6.05. The summed E-state index contributed by atoms with van der Waals surface area (Å²) in [6, 6.07) is 6.45. The number of hydrogen-bond acceptors (Lipinski definition) is 6. The minimum Gasteiger partial charge on any atom is -0.456 e. The zero-order valence-corrected chi connectivity index (χ0v) is 16.6. The maximum absolute atomic E-state index is 12.3. The Bertz CT molecular complexity index is 867. The quantitative estimate of drug-likeness (QED) is 0.397. The van der Waals surface area contributed by atoms with E-state index in [9.17, 15) is 24.0 Å². The molecule has 1 aromatic rings. The molecule has 1 aliphatic carbocycles. The van der Waals surface area contributed by atoms with Gasteiger partial charge in [-0.3, -0.25) is 28.9 Å². The van der Waals surface area contributed by atoms with Crippen LogP contribution in [0.25, 0.3) is 0 Å². The van der Waals surface area contributed by atoms with E-state index in [4.69, 9.17) is 4.74 Å². The molecule has 0 saturated carbocycles. The second kappa shape index (κ2) is 9.34. The maximum Gasteiger partial charge on any atom is 0.308 e. The Balaban J connectivity index is 1.40. The summed E-state index contributed by atoms with van der Waals surface area (Å²) < 4.78 is 4.93. The molecule has 2 aliphatic rings. The van der Waals surface area contributed by atoms with Gasteiger partial charge in [0.05, 0.1) is 18.3 Å². The van der Waals surface area contributed by atoms with Crippen molar-refractivity contribution in [1.29, 1.82) is 0 Å². The van der Waals surface area contributed by atoms with Crippen LogP contribution in [-0.4, -0.2) is 47.6 Å². The van der Waals surface area contributed by atoms with Crippen molar-refractivity contribution >= 4 is 41.0 Å². The predicted octanol–water partition coefficient (Wildman–Crippen LogP) is 1.47. The van der Waals surface area contributed by atoms with Crippen LogP contribution >= 0.6 is 0 Å². The number of ether oxygens (including phenoxy) is 1. The molecule has 1 heterocycles. The van der Waals surface area contributed by atoms with Crippen LogP contribution in [0.2, 0.25) is 0 Å². The van der Waals surface area contributed by atoms with E-state index in [0.29, 0.717) is 24.2 Å². The Kier molecular flexibility index (Phi) is 6.61. The van der Waals surface area contributed by atoms with Crippen LogP contribution in [-0.2, 0) is 28.7 Å². The summed E-state index contributed by atoms with van der Waals surface area (Å²) in [5.74, 6) is -2.56. The average molecular weight is 413 g/mol. The van der Waals surface area contributed by atoms with E-state index in [2.05, 4.69) is 10.6 Å². The number of fused-ring (bicyclic) bond motifs is 1. The summed E-state index contributed by atoms with van der Waals surface area (Å²) in [6.07, 6.45) is 4.72. The van der Waals surface area contributed by atoms with Gasteiger partial charge < -0.3 is 15.4 Å². The van der Waals surface area contributed by atoms with Gasteiger partial charge in [-0.05, 0) is 37.1 Å². The number of hydrogen-bond donors (Lipinski definition) is 2. The van der Waals surface area contributed by atoms with Crippen LogP contribution in [0.4, 0.5) is 11.4 Å².